The van der Waals surface area contributed by atoms with Crippen LogP contribution in [-0.2, 0) is 0 Å². The number of thiocyanates is 1. The van der Waals surface area contributed by atoms with Gasteiger partial charge in [0, 0.05) is 4.90 Å². The highest BCUT2D eigenvalue weighted by Crippen LogP contribution is 2.22. The van der Waals surface area contributed by atoms with Crippen LogP contribution in [0.1, 0.15) is 0 Å². The summed E-state index contributed by atoms with van der Waals surface area (Å²) in [6, 6.07) is 13.4. The van der Waals surface area contributed by atoms with Crippen molar-refractivity contribution < 1.29 is 0 Å². The van der Waals surface area contributed by atoms with E-state index in [1.807, 2.05) is 42.5 Å². The lowest BCUT2D eigenvalue weighted by atomic mass is 10.2. The first-order valence-corrected chi connectivity index (χ1v) is 5.91. The van der Waals surface area contributed by atoms with Gasteiger partial charge in [-0.3, -0.25) is 0 Å². The zero-order chi connectivity index (χ0) is 11.7. The fourth-order valence-corrected chi connectivity index (χ4v) is 2.13. The molecule has 0 radical (unpaired) electrons. The topological polar surface area (TPSA) is 49.6 Å². The molecule has 0 fully saturated rings. The number of benzene rings is 2. The van der Waals surface area contributed by atoms with E-state index in [1.54, 1.807) is 0 Å². The summed E-state index contributed by atoms with van der Waals surface area (Å²) >= 11 is 1.13. The van der Waals surface area contributed by atoms with Gasteiger partial charge >= 0.3 is 0 Å². The number of fused-ring (bicyclic) bond motifs is 2. The number of hydrogen-bond acceptors (Lipinski definition) is 4. The van der Waals surface area contributed by atoms with E-state index >= 15 is 0 Å². The molecule has 1 aromatic heterocycles. The third-order valence-corrected chi connectivity index (χ3v) is 3.05. The number of thioether (sulfide) groups is 1. The van der Waals surface area contributed by atoms with Crippen LogP contribution in [-0.4, -0.2) is 9.97 Å². The van der Waals surface area contributed by atoms with E-state index in [0.717, 1.165) is 38.7 Å². The predicted molar refractivity (Wildman–Crippen MR) is 68.5 cm³/mol. The van der Waals surface area contributed by atoms with Crippen molar-refractivity contribution in [2.45, 2.75) is 4.90 Å². The van der Waals surface area contributed by atoms with Crippen molar-refractivity contribution in [3.63, 3.8) is 0 Å². The second kappa shape index (κ2) is 4.04. The fourth-order valence-electron chi connectivity index (χ4n) is 1.72. The Morgan fingerprint density at radius 2 is 1.53 bits per heavy atom. The molecule has 0 unspecified atom stereocenters. The molecule has 17 heavy (non-hydrogen) atoms. The SMILES string of the molecule is N#CSc1ccc2nc3ccccc3nc2c1. The summed E-state index contributed by atoms with van der Waals surface area (Å²) in [6.45, 7) is 0. The molecule has 0 amide bonds. The molecule has 2 aromatic carbocycles. The van der Waals surface area contributed by atoms with Crippen LogP contribution < -0.4 is 0 Å². The lowest BCUT2D eigenvalue weighted by Gasteiger charge is -2.01. The third kappa shape index (κ3) is 1.81. The molecule has 4 heteroatoms. The summed E-state index contributed by atoms with van der Waals surface area (Å²) in [6.07, 6.45) is 0. The second-order valence-corrected chi connectivity index (χ2v) is 4.41. The highest BCUT2D eigenvalue weighted by molar-refractivity contribution is 8.03. The molecule has 0 atom stereocenters. The van der Waals surface area contributed by atoms with Crippen molar-refractivity contribution in [2.75, 3.05) is 0 Å². The van der Waals surface area contributed by atoms with Gasteiger partial charge in [-0.2, -0.15) is 5.26 Å². The number of hydrogen-bond donors (Lipinski definition) is 0. The van der Waals surface area contributed by atoms with Gasteiger partial charge in [0.2, 0.25) is 0 Å². The molecule has 3 nitrogen and oxygen atoms in total. The first-order chi connectivity index (χ1) is 8.36. The third-order valence-electron chi connectivity index (χ3n) is 2.47. The molecule has 0 saturated heterocycles. The highest BCUT2D eigenvalue weighted by Gasteiger charge is 2.02. The van der Waals surface area contributed by atoms with Gasteiger partial charge in [0.25, 0.3) is 0 Å². The van der Waals surface area contributed by atoms with E-state index in [2.05, 4.69) is 15.4 Å². The lowest BCUT2D eigenvalue weighted by Crippen LogP contribution is -1.87. The van der Waals surface area contributed by atoms with Crippen LogP contribution >= 0.6 is 11.8 Å². The summed E-state index contributed by atoms with van der Waals surface area (Å²) < 4.78 is 0. The van der Waals surface area contributed by atoms with Crippen LogP contribution in [0.15, 0.2) is 47.4 Å². The van der Waals surface area contributed by atoms with Gasteiger partial charge in [-0.15, -0.1) is 0 Å². The first-order valence-electron chi connectivity index (χ1n) is 5.09. The molecule has 0 saturated carbocycles. The Morgan fingerprint density at radius 1 is 0.882 bits per heavy atom. The van der Waals surface area contributed by atoms with Crippen LogP contribution in [0.25, 0.3) is 22.1 Å². The minimum absolute atomic E-state index is 0.823. The molecular weight excluding hydrogens is 230 g/mol. The van der Waals surface area contributed by atoms with Crippen molar-refractivity contribution in [3.8, 4) is 5.40 Å². The number of nitrogens with zero attached hydrogens (tertiary/aromatic N) is 3. The molecule has 3 aromatic rings. The largest absolute Gasteiger partial charge is 0.245 e. The van der Waals surface area contributed by atoms with Gasteiger partial charge < -0.3 is 0 Å². The van der Waals surface area contributed by atoms with Gasteiger partial charge in [-0.05, 0) is 42.1 Å². The van der Waals surface area contributed by atoms with Crippen LogP contribution in [0.2, 0.25) is 0 Å². The fraction of sp³-hybridized carbons (Fsp3) is 0. The van der Waals surface area contributed by atoms with Gasteiger partial charge in [0.15, 0.2) is 0 Å². The first kappa shape index (κ1) is 10.1. The monoisotopic (exact) mass is 237 g/mol. The second-order valence-electron chi connectivity index (χ2n) is 3.56. The van der Waals surface area contributed by atoms with Gasteiger partial charge in [0.05, 0.1) is 22.1 Å². The van der Waals surface area contributed by atoms with Crippen molar-refractivity contribution in [1.29, 1.82) is 5.26 Å². The summed E-state index contributed by atoms with van der Waals surface area (Å²) in [4.78, 5) is 9.95. The summed E-state index contributed by atoms with van der Waals surface area (Å²) in [5.41, 5.74) is 3.44. The van der Waals surface area contributed by atoms with Crippen LogP contribution in [0.5, 0.6) is 0 Å². The molecule has 1 heterocycles. The molecular formula is C13H7N3S. The Labute approximate surface area is 102 Å². The average Bonchev–Trinajstić information content (AvgIpc) is 2.36. The summed E-state index contributed by atoms with van der Waals surface area (Å²) in [5.74, 6) is 0. The van der Waals surface area contributed by atoms with Gasteiger partial charge in [0.1, 0.15) is 5.40 Å². The Balaban J connectivity index is 2.29. The Kier molecular flexibility index (Phi) is 2.39. The van der Waals surface area contributed by atoms with E-state index in [4.69, 9.17) is 5.26 Å². The van der Waals surface area contributed by atoms with Crippen molar-refractivity contribution >= 4 is 33.8 Å². The van der Waals surface area contributed by atoms with Crippen LogP contribution in [0.4, 0.5) is 0 Å². The van der Waals surface area contributed by atoms with Gasteiger partial charge in [-0.1, -0.05) is 12.1 Å². The molecule has 80 valence electrons. The average molecular weight is 237 g/mol. The zero-order valence-electron chi connectivity index (χ0n) is 8.79. The quantitative estimate of drug-likeness (QED) is 0.370. The number of aromatic nitrogens is 2. The van der Waals surface area contributed by atoms with E-state index in [1.165, 1.54) is 0 Å². The molecule has 0 N–H and O–H groups in total. The van der Waals surface area contributed by atoms with Crippen molar-refractivity contribution in [3.05, 3.63) is 42.5 Å². The molecule has 0 aliphatic carbocycles. The number of nitriles is 1. The molecule has 0 aliphatic rings. The maximum atomic E-state index is 8.64. The molecule has 0 aliphatic heterocycles. The summed E-state index contributed by atoms with van der Waals surface area (Å²) in [7, 11) is 0. The number of rotatable bonds is 1. The zero-order valence-corrected chi connectivity index (χ0v) is 9.61. The van der Waals surface area contributed by atoms with Gasteiger partial charge in [-0.25, -0.2) is 9.97 Å². The summed E-state index contributed by atoms with van der Waals surface area (Å²) in [5, 5.41) is 10.7. The minimum atomic E-state index is 0.823. The minimum Gasteiger partial charge on any atom is -0.245 e. The van der Waals surface area contributed by atoms with Crippen LogP contribution in [0.3, 0.4) is 0 Å². The predicted octanol–water partition coefficient (Wildman–Crippen LogP) is 3.36. The number of para-hydroxylation sites is 2. The maximum absolute atomic E-state index is 8.64. The smallest absolute Gasteiger partial charge is 0.138 e. The maximum Gasteiger partial charge on any atom is 0.138 e. The van der Waals surface area contributed by atoms with E-state index in [0.29, 0.717) is 0 Å². The molecule has 0 bridgehead atoms. The van der Waals surface area contributed by atoms with E-state index in [-0.39, 0.29) is 0 Å². The molecule has 0 spiro atoms. The van der Waals surface area contributed by atoms with E-state index in [9.17, 15) is 0 Å². The highest BCUT2D eigenvalue weighted by atomic mass is 32.2. The Bertz CT molecular complexity index is 746. The normalized spacial score (nSPS) is 10.5. The molecule has 3 rings (SSSR count). The lowest BCUT2D eigenvalue weighted by molar-refractivity contribution is 1.36. The standard InChI is InChI=1S/C13H7N3S/c14-8-17-9-5-6-12-13(7-9)16-11-4-2-1-3-10(11)15-12/h1-7H. The van der Waals surface area contributed by atoms with Crippen LogP contribution in [0, 0.1) is 10.7 Å². The van der Waals surface area contributed by atoms with Crippen molar-refractivity contribution in [2.24, 2.45) is 0 Å². The Morgan fingerprint density at radius 3 is 2.24 bits per heavy atom. The van der Waals surface area contributed by atoms with E-state index < -0.39 is 0 Å². The van der Waals surface area contributed by atoms with Crippen molar-refractivity contribution in [1.82, 2.24) is 9.97 Å². The Hall–Kier alpha value is -2.12.